The van der Waals surface area contributed by atoms with Gasteiger partial charge in [0.05, 0.1) is 0 Å². The number of amides is 1. The predicted octanol–water partition coefficient (Wildman–Crippen LogP) is 1.92. The molecule has 0 spiro atoms. The predicted molar refractivity (Wildman–Crippen MR) is 72.6 cm³/mol. The molecular formula is C14H22N2O2. The first-order valence-electron chi connectivity index (χ1n) is 6.30. The molecule has 1 unspecified atom stereocenters. The summed E-state index contributed by atoms with van der Waals surface area (Å²) in [6.45, 7) is 6.60. The molecule has 0 aliphatic rings. The Balaban J connectivity index is 2.65. The van der Waals surface area contributed by atoms with Crippen molar-refractivity contribution in [3.05, 3.63) is 29.3 Å². The molecule has 18 heavy (non-hydrogen) atoms. The summed E-state index contributed by atoms with van der Waals surface area (Å²) >= 11 is 0. The smallest absolute Gasteiger partial charge is 0.257 e. The van der Waals surface area contributed by atoms with Gasteiger partial charge in [-0.05, 0) is 31.9 Å². The zero-order chi connectivity index (χ0) is 13.5. The van der Waals surface area contributed by atoms with Crippen molar-refractivity contribution in [2.75, 3.05) is 13.2 Å². The molecule has 1 aromatic rings. The molecule has 0 radical (unpaired) electrons. The van der Waals surface area contributed by atoms with E-state index in [4.69, 9.17) is 10.5 Å². The van der Waals surface area contributed by atoms with E-state index in [0.717, 1.165) is 17.5 Å². The van der Waals surface area contributed by atoms with Crippen LogP contribution in [-0.2, 0) is 4.79 Å². The molecular weight excluding hydrogens is 228 g/mol. The number of nitrogens with one attached hydrogen (secondary N) is 1. The van der Waals surface area contributed by atoms with Crippen LogP contribution in [0.2, 0.25) is 0 Å². The van der Waals surface area contributed by atoms with Gasteiger partial charge in [0.2, 0.25) is 0 Å². The third-order valence-electron chi connectivity index (χ3n) is 2.59. The highest BCUT2D eigenvalue weighted by molar-refractivity contribution is 5.77. The maximum absolute atomic E-state index is 11.5. The molecule has 100 valence electrons. The maximum Gasteiger partial charge on any atom is 0.257 e. The average molecular weight is 250 g/mol. The molecule has 1 rings (SSSR count). The highest BCUT2D eigenvalue weighted by Gasteiger charge is 2.10. The van der Waals surface area contributed by atoms with Gasteiger partial charge < -0.3 is 15.8 Å². The fraction of sp³-hybridized carbons (Fsp3) is 0.500. The zero-order valence-electron chi connectivity index (χ0n) is 11.3. The van der Waals surface area contributed by atoms with E-state index < -0.39 is 0 Å². The third-order valence-corrected chi connectivity index (χ3v) is 2.59. The SMILES string of the molecule is CCCNC(=O)COc1cc(C)ccc1C(C)N. The molecule has 3 N–H and O–H groups in total. The summed E-state index contributed by atoms with van der Waals surface area (Å²) in [5, 5.41) is 2.77. The third kappa shape index (κ3) is 4.37. The van der Waals surface area contributed by atoms with Gasteiger partial charge in [0.25, 0.3) is 5.91 Å². The number of nitrogens with two attached hydrogens (primary N) is 1. The quantitative estimate of drug-likeness (QED) is 0.810. The highest BCUT2D eigenvalue weighted by Crippen LogP contribution is 2.24. The summed E-state index contributed by atoms with van der Waals surface area (Å²) in [5.74, 6) is 0.589. The minimum absolute atomic E-state index is 0.0309. The minimum atomic E-state index is -0.112. The van der Waals surface area contributed by atoms with E-state index in [0.29, 0.717) is 12.3 Å². The first-order chi connectivity index (χ1) is 8.54. The average Bonchev–Trinajstić information content (AvgIpc) is 2.33. The minimum Gasteiger partial charge on any atom is -0.483 e. The Bertz CT molecular complexity index is 403. The molecule has 0 saturated heterocycles. The number of carbonyl (C=O) groups is 1. The largest absolute Gasteiger partial charge is 0.483 e. The molecule has 0 fully saturated rings. The summed E-state index contributed by atoms with van der Waals surface area (Å²) in [7, 11) is 0. The lowest BCUT2D eigenvalue weighted by Gasteiger charge is -2.14. The highest BCUT2D eigenvalue weighted by atomic mass is 16.5. The van der Waals surface area contributed by atoms with Gasteiger partial charge in [-0.3, -0.25) is 4.79 Å². The van der Waals surface area contributed by atoms with Crippen molar-refractivity contribution < 1.29 is 9.53 Å². The van der Waals surface area contributed by atoms with E-state index >= 15 is 0 Å². The Morgan fingerprint density at radius 1 is 1.50 bits per heavy atom. The lowest BCUT2D eigenvalue weighted by Crippen LogP contribution is -2.29. The Hall–Kier alpha value is -1.55. The molecule has 1 aromatic carbocycles. The van der Waals surface area contributed by atoms with E-state index in [1.54, 1.807) is 0 Å². The van der Waals surface area contributed by atoms with Crippen LogP contribution < -0.4 is 15.8 Å². The zero-order valence-corrected chi connectivity index (χ0v) is 11.3. The lowest BCUT2D eigenvalue weighted by molar-refractivity contribution is -0.123. The van der Waals surface area contributed by atoms with Gasteiger partial charge in [-0.1, -0.05) is 19.1 Å². The molecule has 0 heterocycles. The topological polar surface area (TPSA) is 64.3 Å². The van der Waals surface area contributed by atoms with Crippen molar-refractivity contribution in [1.82, 2.24) is 5.32 Å². The van der Waals surface area contributed by atoms with Gasteiger partial charge in [0, 0.05) is 18.2 Å². The van der Waals surface area contributed by atoms with Gasteiger partial charge in [0.1, 0.15) is 5.75 Å². The summed E-state index contributed by atoms with van der Waals surface area (Å²) in [6, 6.07) is 5.73. The fourth-order valence-electron chi connectivity index (χ4n) is 1.60. The Morgan fingerprint density at radius 3 is 2.83 bits per heavy atom. The monoisotopic (exact) mass is 250 g/mol. The molecule has 1 atom stereocenters. The molecule has 0 aromatic heterocycles. The first kappa shape index (κ1) is 14.5. The molecule has 1 amide bonds. The Kier molecular flexibility index (Phi) is 5.65. The Labute approximate surface area is 109 Å². The van der Waals surface area contributed by atoms with Crippen molar-refractivity contribution in [1.29, 1.82) is 0 Å². The molecule has 0 aliphatic carbocycles. The summed E-state index contributed by atoms with van der Waals surface area (Å²) < 4.78 is 5.55. The Morgan fingerprint density at radius 2 is 2.22 bits per heavy atom. The maximum atomic E-state index is 11.5. The van der Waals surface area contributed by atoms with Crippen LogP contribution in [0.1, 0.15) is 37.4 Å². The number of aryl methyl sites for hydroxylation is 1. The van der Waals surface area contributed by atoms with Crippen molar-refractivity contribution in [2.45, 2.75) is 33.2 Å². The van der Waals surface area contributed by atoms with Crippen LogP contribution in [0.3, 0.4) is 0 Å². The van der Waals surface area contributed by atoms with Crippen LogP contribution >= 0.6 is 0 Å². The van der Waals surface area contributed by atoms with Crippen molar-refractivity contribution in [3.8, 4) is 5.75 Å². The van der Waals surface area contributed by atoms with Crippen LogP contribution in [0, 0.1) is 6.92 Å². The molecule has 0 saturated carbocycles. The van der Waals surface area contributed by atoms with E-state index in [-0.39, 0.29) is 18.6 Å². The van der Waals surface area contributed by atoms with Gasteiger partial charge in [-0.25, -0.2) is 0 Å². The van der Waals surface area contributed by atoms with Crippen LogP contribution in [-0.4, -0.2) is 19.1 Å². The number of carbonyl (C=O) groups excluding carboxylic acids is 1. The van der Waals surface area contributed by atoms with Crippen molar-refractivity contribution >= 4 is 5.91 Å². The van der Waals surface area contributed by atoms with Crippen LogP contribution in [0.25, 0.3) is 0 Å². The summed E-state index contributed by atoms with van der Waals surface area (Å²) in [4.78, 5) is 11.5. The van der Waals surface area contributed by atoms with E-state index in [2.05, 4.69) is 5.32 Å². The second-order valence-electron chi connectivity index (χ2n) is 4.47. The van der Waals surface area contributed by atoms with Gasteiger partial charge >= 0.3 is 0 Å². The molecule has 0 aliphatic heterocycles. The summed E-state index contributed by atoms with van der Waals surface area (Å²) in [5.41, 5.74) is 7.88. The number of ether oxygens (including phenoxy) is 1. The number of benzene rings is 1. The van der Waals surface area contributed by atoms with Gasteiger partial charge in [0.15, 0.2) is 6.61 Å². The van der Waals surface area contributed by atoms with Gasteiger partial charge in [-0.15, -0.1) is 0 Å². The number of hydrogen-bond acceptors (Lipinski definition) is 3. The van der Waals surface area contributed by atoms with Crippen LogP contribution in [0.4, 0.5) is 0 Å². The van der Waals surface area contributed by atoms with E-state index in [9.17, 15) is 4.79 Å². The second kappa shape index (κ2) is 7.01. The molecule has 4 heteroatoms. The number of rotatable bonds is 6. The van der Waals surface area contributed by atoms with E-state index in [1.165, 1.54) is 0 Å². The van der Waals surface area contributed by atoms with E-state index in [1.807, 2.05) is 39.0 Å². The fourth-order valence-corrected chi connectivity index (χ4v) is 1.60. The van der Waals surface area contributed by atoms with Gasteiger partial charge in [-0.2, -0.15) is 0 Å². The van der Waals surface area contributed by atoms with Crippen LogP contribution in [0.5, 0.6) is 5.75 Å². The molecule has 0 bridgehead atoms. The number of hydrogen-bond donors (Lipinski definition) is 2. The normalized spacial score (nSPS) is 12.0. The molecule has 4 nitrogen and oxygen atoms in total. The van der Waals surface area contributed by atoms with Crippen LogP contribution in [0.15, 0.2) is 18.2 Å². The standard InChI is InChI=1S/C14H22N2O2/c1-4-7-16-14(17)9-18-13-8-10(2)5-6-12(13)11(3)15/h5-6,8,11H,4,7,9,15H2,1-3H3,(H,16,17). The van der Waals surface area contributed by atoms with Crippen molar-refractivity contribution in [3.63, 3.8) is 0 Å². The van der Waals surface area contributed by atoms with Crippen molar-refractivity contribution in [2.24, 2.45) is 5.73 Å². The summed E-state index contributed by atoms with van der Waals surface area (Å²) in [6.07, 6.45) is 0.918. The first-order valence-corrected chi connectivity index (χ1v) is 6.30. The lowest BCUT2D eigenvalue weighted by atomic mass is 10.1. The second-order valence-corrected chi connectivity index (χ2v) is 4.47.